The number of aromatic nitrogens is 2. The highest BCUT2D eigenvalue weighted by Crippen LogP contribution is 2.36. The number of H-pyrrole nitrogens is 1. The van der Waals surface area contributed by atoms with Crippen molar-refractivity contribution in [1.82, 2.24) is 9.97 Å². The molecule has 0 bridgehead atoms. The molecular weight excluding hydrogens is 388 g/mol. The number of methoxy groups -OCH3 is 2. The fraction of sp³-hybridized carbons (Fsp3) is 0.115. The van der Waals surface area contributed by atoms with Crippen molar-refractivity contribution in [1.29, 1.82) is 0 Å². The molecule has 5 nitrogen and oxygen atoms in total. The van der Waals surface area contributed by atoms with Crippen molar-refractivity contribution >= 4 is 10.9 Å². The minimum Gasteiger partial charge on any atom is -0.497 e. The first-order chi connectivity index (χ1) is 15.2. The molecule has 0 amide bonds. The first kappa shape index (κ1) is 19.0. The zero-order valence-corrected chi connectivity index (χ0v) is 17.4. The highest BCUT2D eigenvalue weighted by molar-refractivity contribution is 5.83. The Morgan fingerprint density at radius 3 is 2.32 bits per heavy atom. The lowest BCUT2D eigenvalue weighted by Crippen LogP contribution is -1.88. The van der Waals surface area contributed by atoms with Gasteiger partial charge in [-0.05, 0) is 35.9 Å². The molecule has 0 spiro atoms. The van der Waals surface area contributed by atoms with Crippen LogP contribution in [0.2, 0.25) is 0 Å². The van der Waals surface area contributed by atoms with E-state index in [1.165, 1.54) is 5.39 Å². The van der Waals surface area contributed by atoms with E-state index in [1.807, 2.05) is 66.9 Å². The molecule has 154 valence electrons. The maximum atomic E-state index is 6.33. The molecule has 2 aromatic heterocycles. The Morgan fingerprint density at radius 2 is 1.55 bits per heavy atom. The predicted octanol–water partition coefficient (Wildman–Crippen LogP) is 6.10. The summed E-state index contributed by atoms with van der Waals surface area (Å²) in [5, 5.41) is 1.17. The van der Waals surface area contributed by atoms with Gasteiger partial charge in [-0.25, -0.2) is 4.98 Å². The van der Waals surface area contributed by atoms with Gasteiger partial charge in [-0.2, -0.15) is 0 Å². The molecule has 3 aromatic carbocycles. The average molecular weight is 410 g/mol. The zero-order chi connectivity index (χ0) is 21.2. The summed E-state index contributed by atoms with van der Waals surface area (Å²) in [5.74, 6) is 2.90. The average Bonchev–Trinajstić information content (AvgIpc) is 3.44. The van der Waals surface area contributed by atoms with E-state index in [0.29, 0.717) is 18.1 Å². The SMILES string of the molecule is COc1cccc(-c2nc(Cc3c[nH]c4ccccc34)oc2-c2cccc(OC)c2)c1. The molecule has 31 heavy (non-hydrogen) atoms. The van der Waals surface area contributed by atoms with E-state index in [4.69, 9.17) is 18.9 Å². The van der Waals surface area contributed by atoms with Gasteiger partial charge in [0.05, 0.1) is 20.6 Å². The van der Waals surface area contributed by atoms with Crippen molar-refractivity contribution in [3.8, 4) is 34.1 Å². The van der Waals surface area contributed by atoms with Crippen LogP contribution >= 0.6 is 0 Å². The lowest BCUT2D eigenvalue weighted by atomic mass is 10.1. The van der Waals surface area contributed by atoms with Crippen molar-refractivity contribution < 1.29 is 13.9 Å². The van der Waals surface area contributed by atoms with Gasteiger partial charge in [-0.1, -0.05) is 42.5 Å². The minimum atomic E-state index is 0.588. The highest BCUT2D eigenvalue weighted by Gasteiger charge is 2.19. The molecular formula is C26H22N2O3. The van der Waals surface area contributed by atoms with Crippen LogP contribution in [0.25, 0.3) is 33.5 Å². The third-order valence-corrected chi connectivity index (χ3v) is 5.36. The summed E-state index contributed by atoms with van der Waals surface area (Å²) in [6.45, 7) is 0. The monoisotopic (exact) mass is 410 g/mol. The smallest absolute Gasteiger partial charge is 0.200 e. The van der Waals surface area contributed by atoms with Crippen molar-refractivity contribution in [2.75, 3.05) is 14.2 Å². The fourth-order valence-corrected chi connectivity index (χ4v) is 3.81. The Bertz CT molecular complexity index is 1280. The number of hydrogen-bond acceptors (Lipinski definition) is 4. The van der Waals surface area contributed by atoms with Crippen LogP contribution in [0.15, 0.2) is 83.4 Å². The van der Waals surface area contributed by atoms with Gasteiger partial charge in [0.2, 0.25) is 0 Å². The first-order valence-electron chi connectivity index (χ1n) is 10.1. The number of benzene rings is 3. The van der Waals surface area contributed by atoms with Gasteiger partial charge in [0.25, 0.3) is 0 Å². The Balaban J connectivity index is 1.62. The van der Waals surface area contributed by atoms with Gasteiger partial charge in [0.15, 0.2) is 11.7 Å². The summed E-state index contributed by atoms with van der Waals surface area (Å²) < 4.78 is 17.2. The molecule has 0 saturated carbocycles. The largest absolute Gasteiger partial charge is 0.497 e. The van der Waals surface area contributed by atoms with Gasteiger partial charge in [-0.15, -0.1) is 0 Å². The predicted molar refractivity (Wildman–Crippen MR) is 122 cm³/mol. The third kappa shape index (κ3) is 3.66. The summed E-state index contributed by atoms with van der Waals surface area (Å²) in [6.07, 6.45) is 2.61. The molecule has 1 N–H and O–H groups in total. The normalized spacial score (nSPS) is 11.0. The second-order valence-electron chi connectivity index (χ2n) is 7.29. The number of fused-ring (bicyclic) bond motifs is 1. The van der Waals surface area contributed by atoms with Crippen molar-refractivity contribution in [2.45, 2.75) is 6.42 Å². The number of rotatable bonds is 6. The summed E-state index contributed by atoms with van der Waals surface area (Å²) in [7, 11) is 3.32. The quantitative estimate of drug-likeness (QED) is 0.367. The molecule has 0 aliphatic carbocycles. The Labute approximate surface area is 180 Å². The summed E-state index contributed by atoms with van der Waals surface area (Å²) in [5.41, 5.74) is 4.87. The molecule has 0 atom stereocenters. The van der Waals surface area contributed by atoms with E-state index in [9.17, 15) is 0 Å². The van der Waals surface area contributed by atoms with Crippen LogP contribution in [-0.2, 0) is 6.42 Å². The molecule has 0 aliphatic heterocycles. The van der Waals surface area contributed by atoms with Crippen LogP contribution in [0.4, 0.5) is 0 Å². The number of para-hydroxylation sites is 1. The van der Waals surface area contributed by atoms with Crippen LogP contribution in [0.5, 0.6) is 11.5 Å². The summed E-state index contributed by atoms with van der Waals surface area (Å²) in [4.78, 5) is 8.21. The van der Waals surface area contributed by atoms with Crippen LogP contribution in [0, 0.1) is 0 Å². The van der Waals surface area contributed by atoms with E-state index < -0.39 is 0 Å². The van der Waals surface area contributed by atoms with E-state index in [2.05, 4.69) is 17.1 Å². The van der Waals surface area contributed by atoms with Gasteiger partial charge in [0.1, 0.15) is 17.2 Å². The third-order valence-electron chi connectivity index (χ3n) is 5.36. The van der Waals surface area contributed by atoms with Gasteiger partial charge >= 0.3 is 0 Å². The lowest BCUT2D eigenvalue weighted by Gasteiger charge is -2.05. The summed E-state index contributed by atoms with van der Waals surface area (Å²) in [6, 6.07) is 23.9. The Morgan fingerprint density at radius 1 is 0.839 bits per heavy atom. The van der Waals surface area contributed by atoms with E-state index >= 15 is 0 Å². The van der Waals surface area contributed by atoms with Crippen LogP contribution in [0.3, 0.4) is 0 Å². The maximum Gasteiger partial charge on any atom is 0.200 e. The topological polar surface area (TPSA) is 60.3 Å². The second-order valence-corrected chi connectivity index (χ2v) is 7.29. The minimum absolute atomic E-state index is 0.588. The molecule has 2 heterocycles. The molecule has 5 aromatic rings. The molecule has 5 heteroatoms. The fourth-order valence-electron chi connectivity index (χ4n) is 3.81. The first-order valence-corrected chi connectivity index (χ1v) is 10.1. The van der Waals surface area contributed by atoms with E-state index in [-0.39, 0.29) is 0 Å². The zero-order valence-electron chi connectivity index (χ0n) is 17.4. The van der Waals surface area contributed by atoms with Gasteiger partial charge < -0.3 is 18.9 Å². The Hall–Kier alpha value is -3.99. The number of hydrogen-bond donors (Lipinski definition) is 1. The van der Waals surface area contributed by atoms with Crippen LogP contribution in [0.1, 0.15) is 11.5 Å². The molecule has 0 unspecified atom stereocenters. The number of nitrogens with zero attached hydrogens (tertiary/aromatic N) is 1. The van der Waals surface area contributed by atoms with Crippen molar-refractivity contribution in [3.63, 3.8) is 0 Å². The number of aromatic amines is 1. The number of nitrogens with one attached hydrogen (secondary N) is 1. The van der Waals surface area contributed by atoms with Crippen molar-refractivity contribution in [2.24, 2.45) is 0 Å². The maximum absolute atomic E-state index is 6.33. The molecule has 0 radical (unpaired) electrons. The Kier molecular flexibility index (Phi) is 4.92. The molecule has 0 saturated heterocycles. The lowest BCUT2D eigenvalue weighted by molar-refractivity contribution is 0.414. The van der Waals surface area contributed by atoms with Gasteiger partial charge in [-0.3, -0.25) is 0 Å². The summed E-state index contributed by atoms with van der Waals surface area (Å²) >= 11 is 0. The second kappa shape index (κ2) is 8.03. The highest BCUT2D eigenvalue weighted by atomic mass is 16.5. The van der Waals surface area contributed by atoms with Crippen LogP contribution < -0.4 is 9.47 Å². The molecule has 0 aliphatic rings. The van der Waals surface area contributed by atoms with E-state index in [0.717, 1.165) is 39.4 Å². The standard InChI is InChI=1S/C26H22N2O3/c1-29-20-9-5-7-17(13-20)25-26(18-8-6-10-21(14-18)30-2)31-24(28-25)15-19-16-27-23-12-4-3-11-22(19)23/h3-14,16,27H,15H2,1-2H3. The molecule has 5 rings (SSSR count). The van der Waals surface area contributed by atoms with Crippen molar-refractivity contribution in [3.05, 3.63) is 90.4 Å². The molecule has 0 fully saturated rings. The van der Waals surface area contributed by atoms with Crippen LogP contribution in [-0.4, -0.2) is 24.2 Å². The number of oxazole rings is 1. The number of ether oxygens (including phenoxy) is 2. The van der Waals surface area contributed by atoms with Gasteiger partial charge in [0, 0.05) is 28.2 Å². The van der Waals surface area contributed by atoms with E-state index in [1.54, 1.807) is 14.2 Å².